The number of hydrogen-bond donors (Lipinski definition) is 0. The van der Waals surface area contributed by atoms with E-state index in [2.05, 4.69) is 15.9 Å². The second kappa shape index (κ2) is 10.2. The molecule has 2 aliphatic rings. The quantitative estimate of drug-likeness (QED) is 0.740. The zero-order chi connectivity index (χ0) is 19.1. The van der Waals surface area contributed by atoms with E-state index < -0.39 is 0 Å². The first-order chi connectivity index (χ1) is 13.1. The molecule has 1 aromatic heterocycles. The van der Waals surface area contributed by atoms with Crippen LogP contribution in [0.25, 0.3) is 0 Å². The summed E-state index contributed by atoms with van der Waals surface area (Å²) in [6.45, 7) is 6.95. The molecule has 0 atom stereocenters. The van der Waals surface area contributed by atoms with Crippen LogP contribution in [-0.4, -0.2) is 90.8 Å². The highest BCUT2D eigenvalue weighted by Gasteiger charge is 2.24. The first-order valence-electron chi connectivity index (χ1n) is 10.1. The Balaban J connectivity index is 1.36. The lowest BCUT2D eigenvalue weighted by Crippen LogP contribution is -2.52. The van der Waals surface area contributed by atoms with E-state index in [1.54, 1.807) is 16.2 Å². The standard InChI is InChI=1S/C20H32N4O2S/c1-21(15-18-7-6-14-27-18)19(25)16-22-10-12-23(13-11-22)17-20(26)24-8-4-2-3-5-9-24/h6-7,14H,2-5,8-13,15-17H2,1H3. The molecule has 27 heavy (non-hydrogen) atoms. The monoisotopic (exact) mass is 392 g/mol. The van der Waals surface area contributed by atoms with Crippen LogP contribution in [0.15, 0.2) is 17.5 Å². The Bertz CT molecular complexity index is 591. The van der Waals surface area contributed by atoms with Crippen LogP contribution in [0.3, 0.4) is 0 Å². The van der Waals surface area contributed by atoms with Crippen LogP contribution in [0.4, 0.5) is 0 Å². The van der Waals surface area contributed by atoms with Crippen molar-refractivity contribution >= 4 is 23.2 Å². The summed E-state index contributed by atoms with van der Waals surface area (Å²) < 4.78 is 0. The molecule has 2 fully saturated rings. The summed E-state index contributed by atoms with van der Waals surface area (Å²) >= 11 is 1.68. The van der Waals surface area contributed by atoms with Crippen LogP contribution in [0.2, 0.25) is 0 Å². The van der Waals surface area contributed by atoms with Crippen molar-refractivity contribution < 1.29 is 9.59 Å². The zero-order valence-corrected chi connectivity index (χ0v) is 17.3. The van der Waals surface area contributed by atoms with Crippen LogP contribution < -0.4 is 0 Å². The lowest BCUT2D eigenvalue weighted by Gasteiger charge is -2.35. The van der Waals surface area contributed by atoms with Gasteiger partial charge in [-0.2, -0.15) is 0 Å². The molecule has 2 saturated heterocycles. The van der Waals surface area contributed by atoms with Crippen molar-refractivity contribution in [1.82, 2.24) is 19.6 Å². The third-order valence-corrected chi connectivity index (χ3v) is 6.40. The summed E-state index contributed by atoms with van der Waals surface area (Å²) in [6.07, 6.45) is 4.77. The molecule has 3 rings (SSSR count). The minimum Gasteiger partial charge on any atom is -0.342 e. The fourth-order valence-corrected chi connectivity index (χ4v) is 4.51. The number of rotatable bonds is 6. The van der Waals surface area contributed by atoms with E-state index in [4.69, 9.17) is 0 Å². The number of hydrogen-bond acceptors (Lipinski definition) is 5. The Labute approximate surface area is 166 Å². The van der Waals surface area contributed by atoms with E-state index in [0.717, 1.165) is 52.1 Å². The van der Waals surface area contributed by atoms with Crippen molar-refractivity contribution in [3.63, 3.8) is 0 Å². The van der Waals surface area contributed by atoms with Gasteiger partial charge in [0.05, 0.1) is 19.6 Å². The van der Waals surface area contributed by atoms with Gasteiger partial charge in [0.15, 0.2) is 0 Å². The number of thiophene rings is 1. The van der Waals surface area contributed by atoms with Gasteiger partial charge in [-0.3, -0.25) is 19.4 Å². The number of amides is 2. The van der Waals surface area contributed by atoms with Crippen LogP contribution >= 0.6 is 11.3 Å². The summed E-state index contributed by atoms with van der Waals surface area (Å²) in [4.78, 5) is 34.5. The van der Waals surface area contributed by atoms with Gasteiger partial charge >= 0.3 is 0 Å². The first kappa shape index (κ1) is 20.3. The molecule has 2 amide bonds. The van der Waals surface area contributed by atoms with Crippen LogP contribution in [0, 0.1) is 0 Å². The van der Waals surface area contributed by atoms with Crippen molar-refractivity contribution in [1.29, 1.82) is 0 Å². The fourth-order valence-electron chi connectivity index (χ4n) is 3.75. The van der Waals surface area contributed by atoms with Gasteiger partial charge in [-0.25, -0.2) is 0 Å². The average molecular weight is 393 g/mol. The van der Waals surface area contributed by atoms with Crippen molar-refractivity contribution in [2.45, 2.75) is 32.2 Å². The van der Waals surface area contributed by atoms with E-state index in [-0.39, 0.29) is 11.8 Å². The normalized spacial score (nSPS) is 19.7. The summed E-state index contributed by atoms with van der Waals surface area (Å²) in [6, 6.07) is 4.08. The maximum absolute atomic E-state index is 12.5. The molecule has 3 heterocycles. The number of piperazine rings is 1. The second-order valence-electron chi connectivity index (χ2n) is 7.68. The molecule has 150 valence electrons. The molecule has 1 aromatic rings. The van der Waals surface area contributed by atoms with Crippen LogP contribution in [0.1, 0.15) is 30.6 Å². The number of likely N-dealkylation sites (N-methyl/N-ethyl adjacent to an activating group) is 1. The molecule has 6 nitrogen and oxygen atoms in total. The number of nitrogens with zero attached hydrogens (tertiary/aromatic N) is 4. The Morgan fingerprint density at radius 2 is 1.59 bits per heavy atom. The molecule has 0 radical (unpaired) electrons. The molecule has 0 aliphatic carbocycles. The van der Waals surface area contributed by atoms with Gasteiger partial charge in [-0.15, -0.1) is 11.3 Å². The Hall–Kier alpha value is -1.44. The lowest BCUT2D eigenvalue weighted by molar-refractivity contribution is -0.134. The SMILES string of the molecule is CN(Cc1cccs1)C(=O)CN1CCN(CC(=O)N2CCCCCC2)CC1. The Morgan fingerprint density at radius 3 is 2.19 bits per heavy atom. The van der Waals surface area contributed by atoms with E-state index in [1.807, 2.05) is 23.4 Å². The summed E-state index contributed by atoms with van der Waals surface area (Å²) in [5.41, 5.74) is 0. The molecular weight excluding hydrogens is 360 g/mol. The molecule has 7 heteroatoms. The van der Waals surface area contributed by atoms with Crippen molar-refractivity contribution in [2.24, 2.45) is 0 Å². The molecule has 0 spiro atoms. The van der Waals surface area contributed by atoms with Gasteiger partial charge in [0.2, 0.25) is 11.8 Å². The Morgan fingerprint density at radius 1 is 0.963 bits per heavy atom. The predicted octanol–water partition coefficient (Wildman–Crippen LogP) is 1.73. The zero-order valence-electron chi connectivity index (χ0n) is 16.4. The molecule has 0 N–H and O–H groups in total. The number of likely N-dealkylation sites (tertiary alicyclic amines) is 1. The minimum absolute atomic E-state index is 0.164. The van der Waals surface area contributed by atoms with Gasteiger partial charge in [-0.05, 0) is 24.3 Å². The molecule has 0 unspecified atom stereocenters. The van der Waals surface area contributed by atoms with E-state index >= 15 is 0 Å². The van der Waals surface area contributed by atoms with Crippen LogP contribution in [0.5, 0.6) is 0 Å². The highest BCUT2D eigenvalue weighted by atomic mass is 32.1. The molecule has 0 bridgehead atoms. The van der Waals surface area contributed by atoms with Gasteiger partial charge in [0, 0.05) is 51.2 Å². The fraction of sp³-hybridized carbons (Fsp3) is 0.700. The Kier molecular flexibility index (Phi) is 7.67. The van der Waals surface area contributed by atoms with Crippen molar-refractivity contribution in [3.05, 3.63) is 22.4 Å². The molecule has 0 aromatic carbocycles. The van der Waals surface area contributed by atoms with Crippen LogP contribution in [-0.2, 0) is 16.1 Å². The average Bonchev–Trinajstić information content (AvgIpc) is 3.02. The van der Waals surface area contributed by atoms with Crippen molar-refractivity contribution in [2.75, 3.05) is 59.4 Å². The molecule has 2 aliphatic heterocycles. The topological polar surface area (TPSA) is 47.1 Å². The lowest BCUT2D eigenvalue weighted by atomic mass is 10.2. The van der Waals surface area contributed by atoms with E-state index in [1.165, 1.54) is 17.7 Å². The summed E-state index contributed by atoms with van der Waals surface area (Å²) in [5.74, 6) is 0.439. The maximum atomic E-state index is 12.5. The summed E-state index contributed by atoms with van der Waals surface area (Å²) in [5, 5.41) is 2.04. The van der Waals surface area contributed by atoms with Gasteiger partial charge in [0.1, 0.15) is 0 Å². The second-order valence-corrected chi connectivity index (χ2v) is 8.71. The molecule has 0 saturated carbocycles. The van der Waals surface area contributed by atoms with Gasteiger partial charge in [-0.1, -0.05) is 18.9 Å². The maximum Gasteiger partial charge on any atom is 0.236 e. The smallest absolute Gasteiger partial charge is 0.236 e. The van der Waals surface area contributed by atoms with Crippen molar-refractivity contribution in [3.8, 4) is 0 Å². The van der Waals surface area contributed by atoms with E-state index in [9.17, 15) is 9.59 Å². The minimum atomic E-state index is 0.164. The van der Waals surface area contributed by atoms with Gasteiger partial charge in [0.25, 0.3) is 0 Å². The highest BCUT2D eigenvalue weighted by molar-refractivity contribution is 7.09. The van der Waals surface area contributed by atoms with Gasteiger partial charge < -0.3 is 9.80 Å². The largest absolute Gasteiger partial charge is 0.342 e. The first-order valence-corrected chi connectivity index (χ1v) is 11.0. The third-order valence-electron chi connectivity index (χ3n) is 5.54. The number of carbonyl (C=O) groups excluding carboxylic acids is 2. The predicted molar refractivity (Wildman–Crippen MR) is 109 cm³/mol. The molecular formula is C20H32N4O2S. The third kappa shape index (κ3) is 6.30. The summed E-state index contributed by atoms with van der Waals surface area (Å²) in [7, 11) is 1.87. The number of carbonyl (C=O) groups is 2. The highest BCUT2D eigenvalue weighted by Crippen LogP contribution is 2.12. The van der Waals surface area contributed by atoms with E-state index in [0.29, 0.717) is 19.6 Å².